The van der Waals surface area contributed by atoms with Gasteiger partial charge in [-0.3, -0.25) is 9.59 Å². The molecule has 0 spiro atoms. The van der Waals surface area contributed by atoms with Gasteiger partial charge in [0, 0.05) is 24.6 Å². The maximum atomic E-state index is 12.8. The Hall–Kier alpha value is -3.62. The van der Waals surface area contributed by atoms with E-state index in [2.05, 4.69) is 10.3 Å². The van der Waals surface area contributed by atoms with Crippen LogP contribution in [0.4, 0.5) is 0 Å². The van der Waals surface area contributed by atoms with E-state index in [1.165, 1.54) is 33.2 Å². The van der Waals surface area contributed by atoms with Gasteiger partial charge < -0.3 is 24.3 Å². The number of rotatable bonds is 9. The third kappa shape index (κ3) is 7.19. The molecule has 0 aliphatic carbocycles. The van der Waals surface area contributed by atoms with Crippen LogP contribution in [0.5, 0.6) is 17.2 Å². The SMILES string of the molecule is COc1ccnc(C(=O)N[C@@H](C)C(=O)O[C@@H](C)[C@H](Oc2ccccc2)C(C)(C)C)c1OC(C)=O. The van der Waals surface area contributed by atoms with Gasteiger partial charge in [-0.1, -0.05) is 39.0 Å². The zero-order valence-corrected chi connectivity index (χ0v) is 20.6. The van der Waals surface area contributed by atoms with E-state index in [0.29, 0.717) is 5.75 Å². The van der Waals surface area contributed by atoms with Gasteiger partial charge in [-0.2, -0.15) is 0 Å². The van der Waals surface area contributed by atoms with Crippen molar-refractivity contribution in [1.29, 1.82) is 0 Å². The minimum absolute atomic E-state index is 0.131. The lowest BCUT2D eigenvalue weighted by Crippen LogP contribution is -2.47. The molecule has 0 unspecified atom stereocenters. The number of nitrogens with one attached hydrogen (secondary N) is 1. The molecular formula is C25H32N2O7. The molecule has 2 aromatic rings. The second-order valence-electron chi connectivity index (χ2n) is 8.84. The summed E-state index contributed by atoms with van der Waals surface area (Å²) < 4.78 is 22.0. The number of hydrogen-bond acceptors (Lipinski definition) is 8. The number of carbonyl (C=O) groups is 3. The zero-order valence-electron chi connectivity index (χ0n) is 20.6. The first-order chi connectivity index (χ1) is 15.9. The molecule has 34 heavy (non-hydrogen) atoms. The number of benzene rings is 1. The number of esters is 2. The predicted octanol–water partition coefficient (Wildman–Crippen LogP) is 3.56. The maximum absolute atomic E-state index is 12.8. The molecule has 0 aliphatic rings. The van der Waals surface area contributed by atoms with Gasteiger partial charge in [-0.05, 0) is 26.0 Å². The summed E-state index contributed by atoms with van der Waals surface area (Å²) in [6.45, 7) is 10.4. The minimum Gasteiger partial charge on any atom is -0.493 e. The van der Waals surface area contributed by atoms with Gasteiger partial charge in [-0.15, -0.1) is 0 Å². The van der Waals surface area contributed by atoms with E-state index in [9.17, 15) is 14.4 Å². The van der Waals surface area contributed by atoms with E-state index in [0.717, 1.165) is 0 Å². The molecule has 0 saturated carbocycles. The van der Waals surface area contributed by atoms with Crippen molar-refractivity contribution < 1.29 is 33.3 Å². The summed E-state index contributed by atoms with van der Waals surface area (Å²) in [5.74, 6) is -1.33. The Morgan fingerprint density at radius 2 is 1.68 bits per heavy atom. The van der Waals surface area contributed by atoms with Crippen molar-refractivity contribution in [2.45, 2.75) is 59.8 Å². The number of nitrogens with zero attached hydrogens (tertiary/aromatic N) is 1. The molecule has 1 N–H and O–H groups in total. The third-order valence-corrected chi connectivity index (χ3v) is 4.84. The van der Waals surface area contributed by atoms with Gasteiger partial charge in [-0.25, -0.2) is 9.78 Å². The monoisotopic (exact) mass is 472 g/mol. The van der Waals surface area contributed by atoms with E-state index in [1.807, 2.05) is 51.1 Å². The average molecular weight is 473 g/mol. The maximum Gasteiger partial charge on any atom is 0.328 e. The first-order valence-corrected chi connectivity index (χ1v) is 10.9. The Bertz CT molecular complexity index is 1000. The van der Waals surface area contributed by atoms with E-state index in [-0.39, 0.29) is 22.6 Å². The highest BCUT2D eigenvalue weighted by molar-refractivity contribution is 5.98. The fourth-order valence-electron chi connectivity index (χ4n) is 3.29. The number of ether oxygens (including phenoxy) is 4. The summed E-state index contributed by atoms with van der Waals surface area (Å²) >= 11 is 0. The second kappa shape index (κ2) is 11.5. The smallest absolute Gasteiger partial charge is 0.328 e. The predicted molar refractivity (Wildman–Crippen MR) is 125 cm³/mol. The Morgan fingerprint density at radius 3 is 2.24 bits per heavy atom. The lowest BCUT2D eigenvalue weighted by atomic mass is 9.86. The summed E-state index contributed by atoms with van der Waals surface area (Å²) in [4.78, 5) is 41.0. The van der Waals surface area contributed by atoms with Crippen LogP contribution < -0.4 is 19.5 Å². The summed E-state index contributed by atoms with van der Waals surface area (Å²) in [6.07, 6.45) is 0.275. The summed E-state index contributed by atoms with van der Waals surface area (Å²) in [5.41, 5.74) is -0.534. The summed E-state index contributed by atoms with van der Waals surface area (Å²) in [7, 11) is 1.37. The number of carbonyl (C=O) groups excluding carboxylic acids is 3. The van der Waals surface area contributed by atoms with Crippen LogP contribution in [0.1, 0.15) is 52.0 Å². The highest BCUT2D eigenvalue weighted by Crippen LogP contribution is 2.30. The molecule has 2 rings (SSSR count). The van der Waals surface area contributed by atoms with Crippen LogP contribution in [-0.2, 0) is 14.3 Å². The molecule has 9 heteroatoms. The van der Waals surface area contributed by atoms with Gasteiger partial charge >= 0.3 is 11.9 Å². The number of methoxy groups -OCH3 is 1. The van der Waals surface area contributed by atoms with Gasteiger partial charge in [0.05, 0.1) is 7.11 Å². The molecule has 1 amide bonds. The van der Waals surface area contributed by atoms with Crippen LogP contribution in [0.3, 0.4) is 0 Å². The standard InChI is InChI=1S/C25H32N2O7/c1-15(27-23(29)20-21(33-17(3)28)19(31-7)13-14-26-20)24(30)32-16(2)22(25(4,5)6)34-18-11-9-8-10-12-18/h8-16,22H,1-7H3,(H,27,29)/t15-,16-,22-/m0/s1. The first kappa shape index (κ1) is 26.6. The highest BCUT2D eigenvalue weighted by atomic mass is 16.6. The molecule has 0 bridgehead atoms. The van der Waals surface area contributed by atoms with Crippen LogP contribution in [0.2, 0.25) is 0 Å². The quantitative estimate of drug-likeness (QED) is 0.551. The van der Waals surface area contributed by atoms with Crippen molar-refractivity contribution in [2.75, 3.05) is 7.11 Å². The van der Waals surface area contributed by atoms with Crippen LogP contribution in [-0.4, -0.2) is 48.2 Å². The van der Waals surface area contributed by atoms with Gasteiger partial charge in [0.2, 0.25) is 5.75 Å². The molecular weight excluding hydrogens is 440 g/mol. The lowest BCUT2D eigenvalue weighted by Gasteiger charge is -2.35. The molecule has 0 aliphatic heterocycles. The van der Waals surface area contributed by atoms with Crippen molar-refractivity contribution in [3.8, 4) is 17.2 Å². The fraction of sp³-hybridized carbons (Fsp3) is 0.440. The summed E-state index contributed by atoms with van der Waals surface area (Å²) in [5, 5.41) is 2.53. The number of pyridine rings is 1. The molecule has 9 nitrogen and oxygen atoms in total. The van der Waals surface area contributed by atoms with Crippen LogP contribution in [0.25, 0.3) is 0 Å². The topological polar surface area (TPSA) is 113 Å². The van der Waals surface area contributed by atoms with E-state index in [4.69, 9.17) is 18.9 Å². The number of para-hydroxylation sites is 1. The van der Waals surface area contributed by atoms with Crippen molar-refractivity contribution in [2.24, 2.45) is 5.41 Å². The van der Waals surface area contributed by atoms with Crippen LogP contribution in [0, 0.1) is 5.41 Å². The van der Waals surface area contributed by atoms with Gasteiger partial charge in [0.15, 0.2) is 11.4 Å². The summed E-state index contributed by atoms with van der Waals surface area (Å²) in [6, 6.07) is 9.71. The molecule has 1 heterocycles. The van der Waals surface area contributed by atoms with Gasteiger partial charge in [0.1, 0.15) is 24.0 Å². The van der Waals surface area contributed by atoms with Gasteiger partial charge in [0.25, 0.3) is 5.91 Å². The van der Waals surface area contributed by atoms with Crippen molar-refractivity contribution in [3.63, 3.8) is 0 Å². The highest BCUT2D eigenvalue weighted by Gasteiger charge is 2.35. The van der Waals surface area contributed by atoms with E-state index >= 15 is 0 Å². The molecule has 1 aromatic carbocycles. The van der Waals surface area contributed by atoms with Crippen LogP contribution >= 0.6 is 0 Å². The Balaban J connectivity index is 2.12. The van der Waals surface area contributed by atoms with Crippen molar-refractivity contribution in [1.82, 2.24) is 10.3 Å². The average Bonchev–Trinajstić information content (AvgIpc) is 2.76. The molecule has 0 radical (unpaired) electrons. The Kier molecular flexibility index (Phi) is 9.00. The van der Waals surface area contributed by atoms with E-state index < -0.39 is 36.1 Å². The van der Waals surface area contributed by atoms with Crippen molar-refractivity contribution >= 4 is 17.8 Å². The van der Waals surface area contributed by atoms with E-state index in [1.54, 1.807) is 6.92 Å². The minimum atomic E-state index is -1.01. The number of aromatic nitrogens is 1. The number of hydrogen-bond donors (Lipinski definition) is 1. The fourth-order valence-corrected chi connectivity index (χ4v) is 3.29. The molecule has 0 saturated heterocycles. The number of amides is 1. The molecule has 0 fully saturated rings. The lowest BCUT2D eigenvalue weighted by molar-refractivity contribution is -0.158. The Morgan fingerprint density at radius 1 is 1.03 bits per heavy atom. The zero-order chi connectivity index (χ0) is 25.5. The largest absolute Gasteiger partial charge is 0.493 e. The van der Waals surface area contributed by atoms with Crippen molar-refractivity contribution in [3.05, 3.63) is 48.3 Å². The molecule has 3 atom stereocenters. The van der Waals surface area contributed by atoms with Crippen LogP contribution in [0.15, 0.2) is 42.6 Å². The Labute approximate surface area is 199 Å². The second-order valence-corrected chi connectivity index (χ2v) is 8.84. The first-order valence-electron chi connectivity index (χ1n) is 10.9. The third-order valence-electron chi connectivity index (χ3n) is 4.84. The normalized spacial score (nSPS) is 13.7. The molecule has 1 aromatic heterocycles. The molecule has 184 valence electrons.